The van der Waals surface area contributed by atoms with Crippen LogP contribution in [0.3, 0.4) is 0 Å². The second-order valence-corrected chi connectivity index (χ2v) is 9.21. The summed E-state index contributed by atoms with van der Waals surface area (Å²) in [6.45, 7) is 2.93. The first-order valence-corrected chi connectivity index (χ1v) is 10.7. The largest absolute Gasteiger partial charge is 0.373 e. The molecule has 5 rings (SSSR count). The Bertz CT molecular complexity index is 522. The molecule has 4 fully saturated rings. The summed E-state index contributed by atoms with van der Waals surface area (Å²) in [7, 11) is 0. The van der Waals surface area contributed by atoms with Gasteiger partial charge < -0.3 is 14.2 Å². The highest BCUT2D eigenvalue weighted by Crippen LogP contribution is 2.39. The van der Waals surface area contributed by atoms with Crippen molar-refractivity contribution in [3.8, 4) is 0 Å². The topological polar surface area (TPSA) is 37.6 Å². The van der Waals surface area contributed by atoms with Crippen LogP contribution in [0.4, 0.5) is 0 Å². The van der Waals surface area contributed by atoms with Gasteiger partial charge in [0.1, 0.15) is 0 Å². The highest BCUT2D eigenvalue weighted by Gasteiger charge is 2.33. The molecule has 4 atom stereocenters. The summed E-state index contributed by atoms with van der Waals surface area (Å²) in [6.07, 6.45) is 12.0. The molecular formula is C23H32O3. The Hall–Kier alpha value is -0.900. The van der Waals surface area contributed by atoms with Crippen LogP contribution in [-0.2, 0) is 27.1 Å². The number of benzene rings is 1. The maximum atomic E-state index is 5.52. The summed E-state index contributed by atoms with van der Waals surface area (Å²) in [5, 5.41) is 0. The van der Waals surface area contributed by atoms with E-state index < -0.39 is 0 Å². The molecule has 0 bridgehead atoms. The van der Waals surface area contributed by atoms with Gasteiger partial charge in [-0.15, -0.1) is 0 Å². The Morgan fingerprint density at radius 3 is 1.62 bits per heavy atom. The maximum absolute atomic E-state index is 5.52. The van der Waals surface area contributed by atoms with Crippen molar-refractivity contribution in [1.29, 1.82) is 0 Å². The van der Waals surface area contributed by atoms with Crippen molar-refractivity contribution in [2.24, 2.45) is 17.8 Å². The Labute approximate surface area is 157 Å². The van der Waals surface area contributed by atoms with Crippen LogP contribution in [-0.4, -0.2) is 38.1 Å². The van der Waals surface area contributed by atoms with Gasteiger partial charge in [-0.05, 0) is 67.4 Å². The van der Waals surface area contributed by atoms with Gasteiger partial charge in [0.2, 0.25) is 0 Å². The van der Waals surface area contributed by atoms with E-state index in [-0.39, 0.29) is 0 Å². The smallest absolute Gasteiger partial charge is 0.0812 e. The molecular weight excluding hydrogens is 324 g/mol. The monoisotopic (exact) mass is 356 g/mol. The van der Waals surface area contributed by atoms with Crippen LogP contribution >= 0.6 is 0 Å². The third kappa shape index (κ3) is 5.55. The van der Waals surface area contributed by atoms with Crippen LogP contribution in [0.1, 0.15) is 49.7 Å². The van der Waals surface area contributed by atoms with E-state index >= 15 is 0 Å². The average molecular weight is 357 g/mol. The van der Waals surface area contributed by atoms with Crippen LogP contribution in [0.15, 0.2) is 24.3 Å². The molecule has 142 valence electrons. The van der Waals surface area contributed by atoms with Crippen LogP contribution in [0.5, 0.6) is 0 Å². The van der Waals surface area contributed by atoms with Crippen molar-refractivity contribution in [3.05, 3.63) is 35.4 Å². The molecule has 26 heavy (non-hydrogen) atoms. The van der Waals surface area contributed by atoms with Crippen molar-refractivity contribution in [3.63, 3.8) is 0 Å². The fourth-order valence-corrected chi connectivity index (χ4v) is 4.63. The lowest BCUT2D eigenvalue weighted by Crippen LogP contribution is -2.12. The zero-order valence-electron chi connectivity index (χ0n) is 15.8. The summed E-state index contributed by atoms with van der Waals surface area (Å²) >= 11 is 0. The number of hydrogen-bond donors (Lipinski definition) is 0. The maximum Gasteiger partial charge on any atom is 0.0812 e. The normalized spacial score (nSPS) is 31.5. The lowest BCUT2D eigenvalue weighted by molar-refractivity contribution is 0.306. The van der Waals surface area contributed by atoms with Crippen LogP contribution in [0, 0.1) is 17.8 Å². The molecule has 3 nitrogen and oxygen atoms in total. The van der Waals surface area contributed by atoms with Crippen molar-refractivity contribution >= 4 is 0 Å². The molecule has 1 aromatic carbocycles. The first-order valence-electron chi connectivity index (χ1n) is 10.7. The molecule has 0 spiro atoms. The van der Waals surface area contributed by atoms with E-state index in [9.17, 15) is 0 Å². The van der Waals surface area contributed by atoms with Gasteiger partial charge in [0.25, 0.3) is 0 Å². The molecule has 1 aromatic rings. The second kappa shape index (κ2) is 7.61. The number of ether oxygens (including phenoxy) is 3. The van der Waals surface area contributed by atoms with Gasteiger partial charge in [-0.2, -0.15) is 0 Å². The van der Waals surface area contributed by atoms with Gasteiger partial charge in [0, 0.05) is 0 Å². The standard InChI is InChI=1S/C23H32O3/c1-2-17(8-19(6-16-4-5-16)10-21-13-24-21)7-18(3-1)9-20(11-22-14-25-22)12-23-15-26-23/h1-3,7,16,19-23H,4-6,8-15H2. The highest BCUT2D eigenvalue weighted by atomic mass is 16.6. The molecule has 4 aliphatic rings. The van der Waals surface area contributed by atoms with E-state index in [2.05, 4.69) is 24.3 Å². The molecule has 3 saturated heterocycles. The molecule has 0 N–H and O–H groups in total. The predicted octanol–water partition coefficient (Wildman–Crippen LogP) is 4.17. The summed E-state index contributed by atoms with van der Waals surface area (Å²) in [4.78, 5) is 0. The Kier molecular flexibility index (Phi) is 5.04. The SMILES string of the molecule is c1cc(CC(CC2CC2)CC2CO2)cc(CC(CC2CO2)CC2CO2)c1. The van der Waals surface area contributed by atoms with E-state index in [1.165, 1.54) is 62.5 Å². The molecule has 3 heteroatoms. The third-order valence-corrected chi connectivity index (χ3v) is 6.40. The van der Waals surface area contributed by atoms with Gasteiger partial charge >= 0.3 is 0 Å². The third-order valence-electron chi connectivity index (χ3n) is 6.40. The molecule has 0 amide bonds. The Morgan fingerprint density at radius 1 is 0.731 bits per heavy atom. The van der Waals surface area contributed by atoms with E-state index in [1.807, 2.05) is 0 Å². The van der Waals surface area contributed by atoms with Crippen LogP contribution in [0.2, 0.25) is 0 Å². The van der Waals surface area contributed by atoms with Crippen LogP contribution in [0.25, 0.3) is 0 Å². The number of epoxide rings is 3. The fourth-order valence-electron chi connectivity index (χ4n) is 4.63. The van der Waals surface area contributed by atoms with Crippen LogP contribution < -0.4 is 0 Å². The average Bonchev–Trinajstić information content (AvgIpc) is 3.40. The van der Waals surface area contributed by atoms with Crippen molar-refractivity contribution in [1.82, 2.24) is 0 Å². The predicted molar refractivity (Wildman–Crippen MR) is 101 cm³/mol. The molecule has 3 heterocycles. The quantitative estimate of drug-likeness (QED) is 0.528. The zero-order chi connectivity index (χ0) is 17.3. The van der Waals surface area contributed by atoms with Crippen molar-refractivity contribution < 1.29 is 14.2 Å². The second-order valence-electron chi connectivity index (χ2n) is 9.21. The van der Waals surface area contributed by atoms with Crippen molar-refractivity contribution in [2.45, 2.75) is 69.7 Å². The number of hydrogen-bond acceptors (Lipinski definition) is 3. The van der Waals surface area contributed by atoms with E-state index in [1.54, 1.807) is 0 Å². The van der Waals surface area contributed by atoms with Gasteiger partial charge in [0.05, 0.1) is 38.1 Å². The minimum absolute atomic E-state index is 0.517. The molecule has 3 aliphatic heterocycles. The molecule has 1 aliphatic carbocycles. The summed E-state index contributed by atoms with van der Waals surface area (Å²) in [5.74, 6) is 2.51. The molecule has 0 radical (unpaired) electrons. The first kappa shape index (κ1) is 17.2. The fraction of sp³-hybridized carbons (Fsp3) is 0.739. The number of rotatable bonds is 12. The zero-order valence-corrected chi connectivity index (χ0v) is 15.8. The molecule has 1 saturated carbocycles. The minimum Gasteiger partial charge on any atom is -0.373 e. The summed E-state index contributed by atoms with van der Waals surface area (Å²) < 4.78 is 16.5. The lowest BCUT2D eigenvalue weighted by atomic mass is 9.87. The van der Waals surface area contributed by atoms with Gasteiger partial charge in [0.15, 0.2) is 0 Å². The highest BCUT2D eigenvalue weighted by molar-refractivity contribution is 5.24. The molecule has 4 unspecified atom stereocenters. The van der Waals surface area contributed by atoms with Gasteiger partial charge in [-0.3, -0.25) is 0 Å². The van der Waals surface area contributed by atoms with Gasteiger partial charge in [-0.1, -0.05) is 37.1 Å². The summed E-state index contributed by atoms with van der Waals surface area (Å²) in [6, 6.07) is 9.39. The molecule has 0 aromatic heterocycles. The van der Waals surface area contributed by atoms with E-state index in [4.69, 9.17) is 14.2 Å². The van der Waals surface area contributed by atoms with Crippen molar-refractivity contribution in [2.75, 3.05) is 19.8 Å². The van der Waals surface area contributed by atoms with Gasteiger partial charge in [-0.25, -0.2) is 0 Å². The Balaban J connectivity index is 1.20. The minimum atomic E-state index is 0.517. The van der Waals surface area contributed by atoms with E-state index in [0.717, 1.165) is 31.7 Å². The summed E-state index contributed by atoms with van der Waals surface area (Å²) in [5.41, 5.74) is 3.03. The lowest BCUT2D eigenvalue weighted by Gasteiger charge is -2.18. The Morgan fingerprint density at radius 2 is 1.19 bits per heavy atom. The first-order chi connectivity index (χ1) is 12.8. The van der Waals surface area contributed by atoms with E-state index in [0.29, 0.717) is 24.2 Å².